The molecule has 7 heteroatoms. The van der Waals surface area contributed by atoms with E-state index in [4.69, 9.17) is 14.2 Å². The van der Waals surface area contributed by atoms with Gasteiger partial charge in [0.05, 0.1) is 18.9 Å². The Balaban J connectivity index is 1.95. The van der Waals surface area contributed by atoms with Gasteiger partial charge in [0, 0.05) is 18.2 Å². The number of para-hydroxylation sites is 1. The van der Waals surface area contributed by atoms with Crippen molar-refractivity contribution in [1.82, 2.24) is 5.43 Å². The molecule has 1 saturated heterocycles. The summed E-state index contributed by atoms with van der Waals surface area (Å²) < 4.78 is 16.8. The maximum atomic E-state index is 12.9. The first kappa shape index (κ1) is 21.4. The lowest BCUT2D eigenvalue weighted by atomic mass is 10.0. The Morgan fingerprint density at radius 1 is 1.00 bits per heavy atom. The SMILES string of the molecule is CCCOc1ccc(C=C2C(=O)NN(c3ccccc3)C2=O)c(OCCOC)c1C. The fraction of sp³-hybridized carbons (Fsp3) is 0.304. The lowest BCUT2D eigenvalue weighted by molar-refractivity contribution is -0.117. The number of amides is 2. The van der Waals surface area contributed by atoms with Crippen molar-refractivity contribution >= 4 is 23.6 Å². The molecule has 0 aliphatic carbocycles. The molecule has 1 heterocycles. The summed E-state index contributed by atoms with van der Waals surface area (Å²) >= 11 is 0. The van der Waals surface area contributed by atoms with Crippen LogP contribution >= 0.6 is 0 Å². The third-order valence-electron chi connectivity index (χ3n) is 4.59. The first-order chi connectivity index (χ1) is 14.6. The van der Waals surface area contributed by atoms with Gasteiger partial charge in [-0.25, -0.2) is 5.01 Å². The second kappa shape index (κ2) is 9.93. The highest BCUT2D eigenvalue weighted by Crippen LogP contribution is 2.34. The van der Waals surface area contributed by atoms with Crippen LogP contribution in [-0.2, 0) is 14.3 Å². The molecule has 158 valence electrons. The lowest BCUT2D eigenvalue weighted by Crippen LogP contribution is -2.35. The lowest BCUT2D eigenvalue weighted by Gasteiger charge is -2.16. The van der Waals surface area contributed by atoms with Crippen molar-refractivity contribution in [2.45, 2.75) is 20.3 Å². The van der Waals surface area contributed by atoms with Gasteiger partial charge in [0.1, 0.15) is 23.7 Å². The van der Waals surface area contributed by atoms with E-state index in [1.165, 1.54) is 5.01 Å². The summed E-state index contributed by atoms with van der Waals surface area (Å²) in [4.78, 5) is 25.4. The number of methoxy groups -OCH3 is 1. The van der Waals surface area contributed by atoms with Gasteiger partial charge < -0.3 is 14.2 Å². The van der Waals surface area contributed by atoms with Gasteiger partial charge in [-0.15, -0.1) is 0 Å². The maximum absolute atomic E-state index is 12.9. The van der Waals surface area contributed by atoms with Crippen LogP contribution in [0, 0.1) is 6.92 Å². The molecule has 1 fully saturated rings. The Morgan fingerprint density at radius 2 is 1.77 bits per heavy atom. The van der Waals surface area contributed by atoms with Crippen molar-refractivity contribution in [3.63, 3.8) is 0 Å². The van der Waals surface area contributed by atoms with E-state index in [9.17, 15) is 9.59 Å². The molecule has 2 amide bonds. The highest BCUT2D eigenvalue weighted by atomic mass is 16.5. The molecule has 30 heavy (non-hydrogen) atoms. The van der Waals surface area contributed by atoms with Gasteiger partial charge in [-0.05, 0) is 43.7 Å². The molecule has 0 unspecified atom stereocenters. The second-order valence-electron chi connectivity index (χ2n) is 6.77. The predicted molar refractivity (Wildman–Crippen MR) is 114 cm³/mol. The number of hydrogen-bond acceptors (Lipinski definition) is 5. The molecule has 0 spiro atoms. The Bertz CT molecular complexity index is 940. The van der Waals surface area contributed by atoms with Crippen LogP contribution in [0.25, 0.3) is 6.08 Å². The van der Waals surface area contributed by atoms with Crippen LogP contribution in [0.15, 0.2) is 48.0 Å². The topological polar surface area (TPSA) is 77.1 Å². The molecule has 1 aliphatic rings. The Labute approximate surface area is 176 Å². The van der Waals surface area contributed by atoms with Crippen LogP contribution in [-0.4, -0.2) is 38.7 Å². The summed E-state index contributed by atoms with van der Waals surface area (Å²) in [5.74, 6) is 0.389. The smallest absolute Gasteiger partial charge is 0.282 e. The van der Waals surface area contributed by atoms with E-state index in [1.54, 1.807) is 43.5 Å². The van der Waals surface area contributed by atoms with E-state index in [0.29, 0.717) is 42.6 Å². The normalized spacial score (nSPS) is 14.9. The minimum atomic E-state index is -0.462. The quantitative estimate of drug-likeness (QED) is 0.390. The van der Waals surface area contributed by atoms with Gasteiger partial charge in [0.15, 0.2) is 0 Å². The summed E-state index contributed by atoms with van der Waals surface area (Å²) in [6.07, 6.45) is 2.44. The second-order valence-corrected chi connectivity index (χ2v) is 6.77. The molecule has 3 rings (SSSR count). The summed E-state index contributed by atoms with van der Waals surface area (Å²) in [6.45, 7) is 5.26. The molecular formula is C23H26N2O5. The summed E-state index contributed by atoms with van der Waals surface area (Å²) in [5, 5.41) is 1.24. The Hall–Kier alpha value is -3.32. The first-order valence-corrected chi connectivity index (χ1v) is 9.87. The van der Waals surface area contributed by atoms with E-state index >= 15 is 0 Å². The number of hydrogen-bond donors (Lipinski definition) is 1. The number of ether oxygens (including phenoxy) is 3. The highest BCUT2D eigenvalue weighted by Gasteiger charge is 2.34. The van der Waals surface area contributed by atoms with Crippen molar-refractivity contribution in [2.24, 2.45) is 0 Å². The largest absolute Gasteiger partial charge is 0.493 e. The molecule has 0 atom stereocenters. The van der Waals surface area contributed by atoms with E-state index in [2.05, 4.69) is 5.43 Å². The molecule has 0 aromatic heterocycles. The Kier molecular flexibility index (Phi) is 7.08. The summed E-state index contributed by atoms with van der Waals surface area (Å²) in [5.41, 5.74) is 4.67. The van der Waals surface area contributed by atoms with Gasteiger partial charge >= 0.3 is 0 Å². The van der Waals surface area contributed by atoms with Gasteiger partial charge in [0.2, 0.25) is 0 Å². The number of carbonyl (C=O) groups excluding carboxylic acids is 2. The molecule has 7 nitrogen and oxygen atoms in total. The third kappa shape index (κ3) is 4.63. The van der Waals surface area contributed by atoms with Gasteiger partial charge in [-0.2, -0.15) is 0 Å². The van der Waals surface area contributed by atoms with Crippen molar-refractivity contribution < 1.29 is 23.8 Å². The number of benzene rings is 2. The molecule has 1 N–H and O–H groups in total. The number of rotatable bonds is 9. The minimum Gasteiger partial charge on any atom is -0.493 e. The van der Waals surface area contributed by atoms with E-state index in [0.717, 1.165) is 12.0 Å². The number of anilines is 1. The van der Waals surface area contributed by atoms with Crippen LogP contribution in [0.5, 0.6) is 11.5 Å². The van der Waals surface area contributed by atoms with Crippen molar-refractivity contribution in [1.29, 1.82) is 0 Å². The zero-order chi connectivity index (χ0) is 21.5. The predicted octanol–water partition coefficient (Wildman–Crippen LogP) is 3.27. The zero-order valence-electron chi connectivity index (χ0n) is 17.4. The number of hydrazine groups is 1. The monoisotopic (exact) mass is 410 g/mol. The molecule has 2 aromatic carbocycles. The fourth-order valence-corrected chi connectivity index (χ4v) is 3.07. The van der Waals surface area contributed by atoms with Crippen molar-refractivity contribution in [2.75, 3.05) is 31.9 Å². The average Bonchev–Trinajstić information content (AvgIpc) is 3.04. The molecule has 0 saturated carbocycles. The third-order valence-corrected chi connectivity index (χ3v) is 4.59. The van der Waals surface area contributed by atoms with Crippen LogP contribution in [0.3, 0.4) is 0 Å². The van der Waals surface area contributed by atoms with Gasteiger partial charge in [-0.3, -0.25) is 15.0 Å². The van der Waals surface area contributed by atoms with Crippen LogP contribution < -0.4 is 19.9 Å². The molecule has 1 aliphatic heterocycles. The molecule has 2 aromatic rings. The Morgan fingerprint density at radius 3 is 2.47 bits per heavy atom. The number of nitrogens with one attached hydrogen (secondary N) is 1. The van der Waals surface area contributed by atoms with Gasteiger partial charge in [-0.1, -0.05) is 25.1 Å². The van der Waals surface area contributed by atoms with E-state index < -0.39 is 11.8 Å². The molecule has 0 radical (unpaired) electrons. The van der Waals surface area contributed by atoms with Crippen LogP contribution in [0.1, 0.15) is 24.5 Å². The van der Waals surface area contributed by atoms with Crippen LogP contribution in [0.4, 0.5) is 5.69 Å². The average molecular weight is 410 g/mol. The number of nitrogens with zero attached hydrogens (tertiary/aromatic N) is 1. The zero-order valence-corrected chi connectivity index (χ0v) is 17.4. The minimum absolute atomic E-state index is 0.0390. The maximum Gasteiger partial charge on any atom is 0.282 e. The van der Waals surface area contributed by atoms with E-state index in [1.807, 2.05) is 26.0 Å². The summed E-state index contributed by atoms with van der Waals surface area (Å²) in [6, 6.07) is 12.6. The molecule has 0 bridgehead atoms. The van der Waals surface area contributed by atoms with E-state index in [-0.39, 0.29) is 5.57 Å². The van der Waals surface area contributed by atoms with Crippen molar-refractivity contribution in [3.05, 3.63) is 59.2 Å². The fourth-order valence-electron chi connectivity index (χ4n) is 3.07. The van der Waals surface area contributed by atoms with Crippen LogP contribution in [0.2, 0.25) is 0 Å². The standard InChI is InChI=1S/C23H26N2O5/c1-4-12-29-20-11-10-17(21(16(20)2)30-14-13-28-3)15-19-22(26)24-25(23(19)27)18-8-6-5-7-9-18/h5-11,15H,4,12-14H2,1-3H3,(H,24,26). The first-order valence-electron chi connectivity index (χ1n) is 9.87. The van der Waals surface area contributed by atoms with Crippen molar-refractivity contribution in [3.8, 4) is 11.5 Å². The summed E-state index contributed by atoms with van der Waals surface area (Å²) in [7, 11) is 1.60. The molecular weight excluding hydrogens is 384 g/mol. The van der Waals surface area contributed by atoms with Gasteiger partial charge in [0.25, 0.3) is 11.8 Å². The highest BCUT2D eigenvalue weighted by molar-refractivity contribution is 6.31. The number of carbonyl (C=O) groups is 2.